The number of carbonyl (C=O) groups excluding carboxylic acids is 1. The molecule has 1 aromatic carbocycles. The van der Waals surface area contributed by atoms with E-state index in [0.717, 1.165) is 22.6 Å². The highest BCUT2D eigenvalue weighted by Gasteiger charge is 2.13. The predicted octanol–water partition coefficient (Wildman–Crippen LogP) is 3.34. The van der Waals surface area contributed by atoms with Crippen LogP contribution in [0, 0.1) is 18.6 Å². The first-order valence-corrected chi connectivity index (χ1v) is 8.60. The molecular formula is C18H21N5OS. The molecule has 7 heteroatoms. The monoisotopic (exact) mass is 355 g/mol. The molecule has 0 aliphatic heterocycles. The van der Waals surface area contributed by atoms with Crippen molar-refractivity contribution in [1.82, 2.24) is 19.1 Å². The summed E-state index contributed by atoms with van der Waals surface area (Å²) in [7, 11) is 0. The topological polar surface area (TPSA) is 56.8 Å². The van der Waals surface area contributed by atoms with Gasteiger partial charge >= 0.3 is 0 Å². The highest BCUT2D eigenvalue weighted by atomic mass is 32.1. The Hall–Kier alpha value is -2.67. The van der Waals surface area contributed by atoms with Crippen molar-refractivity contribution < 1.29 is 4.79 Å². The highest BCUT2D eigenvalue weighted by Crippen LogP contribution is 2.16. The van der Waals surface area contributed by atoms with Gasteiger partial charge in [-0.05, 0) is 49.8 Å². The van der Waals surface area contributed by atoms with Crippen molar-refractivity contribution in [1.29, 1.82) is 0 Å². The second-order valence-corrected chi connectivity index (χ2v) is 6.32. The van der Waals surface area contributed by atoms with Crippen LogP contribution in [0.1, 0.15) is 23.9 Å². The lowest BCUT2D eigenvalue weighted by molar-refractivity contribution is -0.116. The number of nitrogens with one attached hydrogen (secondary N) is 1. The second-order valence-electron chi connectivity index (χ2n) is 5.95. The summed E-state index contributed by atoms with van der Waals surface area (Å²) in [6, 6.07) is 9.77. The van der Waals surface area contributed by atoms with Crippen LogP contribution < -0.4 is 5.32 Å². The number of rotatable bonds is 5. The maximum atomic E-state index is 12.4. The number of hydrogen-bond donors (Lipinski definition) is 1. The van der Waals surface area contributed by atoms with E-state index in [1.54, 1.807) is 4.68 Å². The van der Waals surface area contributed by atoms with Crippen molar-refractivity contribution in [2.75, 3.05) is 5.32 Å². The minimum absolute atomic E-state index is 0.0768. The largest absolute Gasteiger partial charge is 0.324 e. The first kappa shape index (κ1) is 17.2. The Bertz CT molecular complexity index is 953. The molecule has 3 rings (SSSR count). The molecule has 0 spiro atoms. The van der Waals surface area contributed by atoms with E-state index in [0.29, 0.717) is 11.2 Å². The zero-order chi connectivity index (χ0) is 18.0. The molecule has 0 fully saturated rings. The number of carbonyl (C=O) groups is 1. The van der Waals surface area contributed by atoms with Gasteiger partial charge in [0.05, 0.1) is 0 Å². The van der Waals surface area contributed by atoms with Crippen LogP contribution in [0.3, 0.4) is 0 Å². The van der Waals surface area contributed by atoms with Crippen LogP contribution in [0.5, 0.6) is 0 Å². The fraction of sp³-hybridized carbons (Fsp3) is 0.278. The molecule has 0 saturated carbocycles. The average Bonchev–Trinajstić information content (AvgIpc) is 3.18. The minimum atomic E-state index is -0.150. The summed E-state index contributed by atoms with van der Waals surface area (Å²) in [6.45, 7) is 6.09. The molecule has 2 heterocycles. The van der Waals surface area contributed by atoms with E-state index in [1.165, 1.54) is 0 Å². The number of nitrogens with zero attached hydrogens (tertiary/aromatic N) is 4. The van der Waals surface area contributed by atoms with Gasteiger partial charge in [0.1, 0.15) is 6.54 Å². The Balaban J connectivity index is 1.83. The van der Waals surface area contributed by atoms with Crippen LogP contribution in [0.25, 0.3) is 0 Å². The van der Waals surface area contributed by atoms with Gasteiger partial charge in [0.2, 0.25) is 10.7 Å². The SMILES string of the molecule is CCc1nn(CC(=O)Nc2ccc(C)cc2C)c(=S)n1-n1cccc1. The standard InChI is InChI=1S/C18H21N5OS/c1-4-16-20-22(18(25)23(16)21-9-5-6-10-21)12-17(24)19-15-8-7-13(2)11-14(15)3/h5-11H,4,12H2,1-3H3,(H,19,24). The molecule has 0 aliphatic rings. The summed E-state index contributed by atoms with van der Waals surface area (Å²) in [5.74, 6) is 0.656. The van der Waals surface area contributed by atoms with Gasteiger partial charge in [-0.25, -0.2) is 9.36 Å². The summed E-state index contributed by atoms with van der Waals surface area (Å²) >= 11 is 5.52. The van der Waals surface area contributed by atoms with Crippen LogP contribution in [0.15, 0.2) is 42.7 Å². The van der Waals surface area contributed by atoms with E-state index in [4.69, 9.17) is 12.2 Å². The van der Waals surface area contributed by atoms with Gasteiger partial charge in [-0.3, -0.25) is 9.47 Å². The molecule has 1 N–H and O–H groups in total. The zero-order valence-corrected chi connectivity index (χ0v) is 15.4. The molecule has 0 radical (unpaired) electrons. The average molecular weight is 355 g/mol. The van der Waals surface area contributed by atoms with Crippen LogP contribution in [0.4, 0.5) is 5.69 Å². The van der Waals surface area contributed by atoms with E-state index in [1.807, 2.05) is 72.8 Å². The van der Waals surface area contributed by atoms with Gasteiger partial charge in [-0.2, -0.15) is 5.10 Å². The van der Waals surface area contributed by atoms with E-state index in [9.17, 15) is 4.79 Å². The minimum Gasteiger partial charge on any atom is -0.324 e. The quantitative estimate of drug-likeness (QED) is 0.714. The zero-order valence-electron chi connectivity index (χ0n) is 14.6. The van der Waals surface area contributed by atoms with Crippen molar-refractivity contribution in [3.8, 4) is 0 Å². The third-order valence-electron chi connectivity index (χ3n) is 3.97. The van der Waals surface area contributed by atoms with Crippen molar-refractivity contribution in [2.45, 2.75) is 33.7 Å². The smallest absolute Gasteiger partial charge is 0.246 e. The normalized spacial score (nSPS) is 10.8. The van der Waals surface area contributed by atoms with Crippen molar-refractivity contribution in [3.63, 3.8) is 0 Å². The number of aromatic nitrogens is 4. The summed E-state index contributed by atoms with van der Waals surface area (Å²) in [5.41, 5.74) is 3.00. The Morgan fingerprint density at radius 3 is 2.60 bits per heavy atom. The first-order valence-electron chi connectivity index (χ1n) is 8.19. The fourth-order valence-electron chi connectivity index (χ4n) is 2.74. The van der Waals surface area contributed by atoms with Gasteiger partial charge in [0.25, 0.3) is 0 Å². The fourth-order valence-corrected chi connectivity index (χ4v) is 3.04. The molecule has 25 heavy (non-hydrogen) atoms. The number of amides is 1. The molecule has 6 nitrogen and oxygen atoms in total. The molecule has 1 amide bonds. The molecular weight excluding hydrogens is 334 g/mol. The van der Waals surface area contributed by atoms with E-state index < -0.39 is 0 Å². The summed E-state index contributed by atoms with van der Waals surface area (Å²) in [5, 5.41) is 7.43. The highest BCUT2D eigenvalue weighted by molar-refractivity contribution is 7.71. The first-order chi connectivity index (χ1) is 12.0. The number of anilines is 1. The molecule has 0 bridgehead atoms. The third-order valence-corrected chi connectivity index (χ3v) is 4.35. The lowest BCUT2D eigenvalue weighted by atomic mass is 10.1. The lowest BCUT2D eigenvalue weighted by Crippen LogP contribution is -2.20. The Morgan fingerprint density at radius 1 is 1.24 bits per heavy atom. The molecule has 0 aliphatic carbocycles. The second kappa shape index (κ2) is 7.06. The number of aryl methyl sites for hydroxylation is 3. The van der Waals surface area contributed by atoms with Gasteiger partial charge < -0.3 is 5.32 Å². The van der Waals surface area contributed by atoms with Crippen molar-refractivity contribution in [3.05, 3.63) is 64.4 Å². The van der Waals surface area contributed by atoms with Gasteiger partial charge in [-0.15, -0.1) is 0 Å². The summed E-state index contributed by atoms with van der Waals surface area (Å²) in [4.78, 5) is 12.4. The van der Waals surface area contributed by atoms with Gasteiger partial charge in [0, 0.05) is 24.5 Å². The van der Waals surface area contributed by atoms with Crippen LogP contribution in [0.2, 0.25) is 0 Å². The number of benzene rings is 1. The third kappa shape index (κ3) is 3.56. The Labute approximate surface area is 151 Å². The maximum Gasteiger partial charge on any atom is 0.246 e. The molecule has 2 aromatic heterocycles. The van der Waals surface area contributed by atoms with E-state index >= 15 is 0 Å². The van der Waals surface area contributed by atoms with E-state index in [2.05, 4.69) is 10.4 Å². The van der Waals surface area contributed by atoms with Gasteiger partial charge in [-0.1, -0.05) is 24.6 Å². The number of hydrogen-bond acceptors (Lipinski definition) is 3. The molecule has 130 valence electrons. The van der Waals surface area contributed by atoms with Crippen molar-refractivity contribution in [2.24, 2.45) is 0 Å². The lowest BCUT2D eigenvalue weighted by Gasteiger charge is -2.09. The Morgan fingerprint density at radius 2 is 1.96 bits per heavy atom. The predicted molar refractivity (Wildman–Crippen MR) is 100 cm³/mol. The van der Waals surface area contributed by atoms with Crippen LogP contribution in [-0.2, 0) is 17.8 Å². The molecule has 0 atom stereocenters. The van der Waals surface area contributed by atoms with Crippen LogP contribution >= 0.6 is 12.2 Å². The summed E-state index contributed by atoms with van der Waals surface area (Å²) in [6.07, 6.45) is 4.51. The molecule has 0 saturated heterocycles. The molecule has 3 aromatic rings. The van der Waals surface area contributed by atoms with Gasteiger partial charge in [0.15, 0.2) is 5.82 Å². The van der Waals surface area contributed by atoms with Crippen LogP contribution in [-0.4, -0.2) is 25.0 Å². The van der Waals surface area contributed by atoms with Crippen molar-refractivity contribution >= 4 is 23.8 Å². The van der Waals surface area contributed by atoms with E-state index in [-0.39, 0.29) is 12.5 Å². The molecule has 0 unspecified atom stereocenters. The summed E-state index contributed by atoms with van der Waals surface area (Å²) < 4.78 is 5.75. The maximum absolute atomic E-state index is 12.4. The Kier molecular flexibility index (Phi) is 4.85.